The second kappa shape index (κ2) is 5.50. The van der Waals surface area contributed by atoms with Crippen molar-refractivity contribution in [1.82, 2.24) is 9.97 Å². The first-order valence-electron chi connectivity index (χ1n) is 6.41. The van der Waals surface area contributed by atoms with Gasteiger partial charge in [-0.15, -0.1) is 11.3 Å². The number of nitrogens with two attached hydrogens (primary N) is 1. The Hall–Kier alpha value is -1.69. The molecule has 0 aliphatic rings. The lowest BCUT2D eigenvalue weighted by Crippen LogP contribution is -1.97. The van der Waals surface area contributed by atoms with Gasteiger partial charge in [0, 0.05) is 12.5 Å². The minimum atomic E-state index is -0.0850. The summed E-state index contributed by atoms with van der Waals surface area (Å²) in [4.78, 5) is 21.8. The molecule has 0 aliphatic carbocycles. The Morgan fingerprint density at radius 1 is 1.23 bits per heavy atom. The Bertz CT molecular complexity index is 921. The number of nitrogen functional groups attached to an aromatic ring is 1. The highest BCUT2D eigenvalue weighted by molar-refractivity contribution is 7.21. The molecule has 0 radical (unpaired) electrons. The summed E-state index contributed by atoms with van der Waals surface area (Å²) in [5.41, 5.74) is 7.99. The van der Waals surface area contributed by atoms with Crippen molar-refractivity contribution in [3.63, 3.8) is 0 Å². The molecule has 7 heteroatoms. The van der Waals surface area contributed by atoms with Crippen LogP contribution in [-0.2, 0) is 0 Å². The number of hydrogen-bond donors (Lipinski definition) is 1. The van der Waals surface area contributed by atoms with Gasteiger partial charge in [-0.05, 0) is 19.1 Å². The molecule has 22 heavy (non-hydrogen) atoms. The summed E-state index contributed by atoms with van der Waals surface area (Å²) in [5.74, 6) is 0.517. The molecule has 1 aromatic carbocycles. The number of rotatable bonds is 2. The van der Waals surface area contributed by atoms with Gasteiger partial charge in [0.1, 0.15) is 10.7 Å². The van der Waals surface area contributed by atoms with Crippen LogP contribution in [0.3, 0.4) is 0 Å². The average Bonchev–Trinajstić information content (AvgIpc) is 2.78. The standard InChI is InChI=1S/C15H11Cl2N3OS/c1-6(21)14-12(18)11-13(19-7(2)20-15(11)22-14)8-3-4-9(16)10(17)5-8/h3-5H,18H2,1-2H3. The van der Waals surface area contributed by atoms with Crippen molar-refractivity contribution < 1.29 is 4.79 Å². The van der Waals surface area contributed by atoms with Crippen molar-refractivity contribution in [2.75, 3.05) is 5.73 Å². The van der Waals surface area contributed by atoms with Crippen molar-refractivity contribution in [1.29, 1.82) is 0 Å². The summed E-state index contributed by atoms with van der Waals surface area (Å²) in [6.07, 6.45) is 0. The summed E-state index contributed by atoms with van der Waals surface area (Å²) in [6, 6.07) is 5.26. The average molecular weight is 352 g/mol. The number of carbonyl (C=O) groups excluding carboxylic acids is 1. The maximum absolute atomic E-state index is 11.7. The van der Waals surface area contributed by atoms with Crippen molar-refractivity contribution in [3.05, 3.63) is 38.9 Å². The van der Waals surface area contributed by atoms with Gasteiger partial charge in [0.2, 0.25) is 0 Å². The van der Waals surface area contributed by atoms with E-state index in [0.717, 1.165) is 5.56 Å². The topological polar surface area (TPSA) is 68.9 Å². The molecule has 2 N–H and O–H groups in total. The molecule has 0 aliphatic heterocycles. The van der Waals surface area contributed by atoms with E-state index in [1.165, 1.54) is 18.3 Å². The molecular weight excluding hydrogens is 341 g/mol. The predicted molar refractivity (Wildman–Crippen MR) is 92.0 cm³/mol. The van der Waals surface area contributed by atoms with Gasteiger partial charge in [0.15, 0.2) is 5.78 Å². The van der Waals surface area contributed by atoms with Gasteiger partial charge in [-0.2, -0.15) is 0 Å². The van der Waals surface area contributed by atoms with Crippen molar-refractivity contribution in [2.24, 2.45) is 0 Å². The fraction of sp³-hybridized carbons (Fsp3) is 0.133. The van der Waals surface area contributed by atoms with Crippen LogP contribution in [0, 0.1) is 6.92 Å². The van der Waals surface area contributed by atoms with Crippen LogP contribution in [0.1, 0.15) is 22.4 Å². The van der Waals surface area contributed by atoms with E-state index >= 15 is 0 Å². The second-order valence-electron chi connectivity index (χ2n) is 4.83. The Morgan fingerprint density at radius 2 is 1.95 bits per heavy atom. The molecule has 0 fully saturated rings. The van der Waals surface area contributed by atoms with Crippen molar-refractivity contribution in [3.8, 4) is 11.3 Å². The molecule has 3 aromatic rings. The van der Waals surface area contributed by atoms with Crippen LogP contribution in [0.5, 0.6) is 0 Å². The minimum Gasteiger partial charge on any atom is -0.397 e. The van der Waals surface area contributed by atoms with E-state index in [-0.39, 0.29) is 5.78 Å². The third-order valence-corrected chi connectivity index (χ3v) is 5.15. The number of thiophene rings is 1. The monoisotopic (exact) mass is 351 g/mol. The van der Waals surface area contributed by atoms with E-state index in [9.17, 15) is 4.79 Å². The maximum Gasteiger partial charge on any atom is 0.171 e. The lowest BCUT2D eigenvalue weighted by Gasteiger charge is -2.06. The van der Waals surface area contributed by atoms with Gasteiger partial charge in [0.05, 0.1) is 31.7 Å². The summed E-state index contributed by atoms with van der Waals surface area (Å²) in [7, 11) is 0. The van der Waals surface area contributed by atoms with E-state index in [1.807, 2.05) is 6.07 Å². The van der Waals surface area contributed by atoms with E-state index in [0.29, 0.717) is 42.3 Å². The summed E-state index contributed by atoms with van der Waals surface area (Å²) in [5, 5.41) is 1.58. The summed E-state index contributed by atoms with van der Waals surface area (Å²) >= 11 is 13.3. The first-order valence-corrected chi connectivity index (χ1v) is 7.98. The molecule has 4 nitrogen and oxygen atoms in total. The molecule has 0 spiro atoms. The van der Waals surface area contributed by atoms with E-state index in [2.05, 4.69) is 9.97 Å². The number of hydrogen-bond acceptors (Lipinski definition) is 5. The number of ketones is 1. The molecule has 0 saturated carbocycles. The predicted octanol–water partition coefficient (Wildman–Crippen LogP) is 4.76. The zero-order chi connectivity index (χ0) is 16.0. The van der Waals surface area contributed by atoms with E-state index in [1.54, 1.807) is 19.1 Å². The Balaban J connectivity index is 2.37. The molecule has 0 bridgehead atoms. The molecule has 2 heterocycles. The highest BCUT2D eigenvalue weighted by Gasteiger charge is 2.19. The highest BCUT2D eigenvalue weighted by atomic mass is 35.5. The van der Waals surface area contributed by atoms with Crippen molar-refractivity contribution in [2.45, 2.75) is 13.8 Å². The van der Waals surface area contributed by atoms with Gasteiger partial charge in [-0.1, -0.05) is 29.3 Å². The number of aryl methyl sites for hydroxylation is 1. The zero-order valence-corrected chi connectivity index (χ0v) is 14.1. The Kier molecular flexibility index (Phi) is 3.80. The molecule has 112 valence electrons. The zero-order valence-electron chi connectivity index (χ0n) is 11.8. The number of Topliss-reactive ketones (excluding diaryl/α,β-unsaturated/α-hetero) is 1. The largest absolute Gasteiger partial charge is 0.397 e. The number of fused-ring (bicyclic) bond motifs is 1. The minimum absolute atomic E-state index is 0.0850. The molecule has 0 saturated heterocycles. The fourth-order valence-corrected chi connectivity index (χ4v) is 3.58. The lowest BCUT2D eigenvalue weighted by molar-refractivity contribution is 0.102. The Morgan fingerprint density at radius 3 is 2.59 bits per heavy atom. The quantitative estimate of drug-likeness (QED) is 0.675. The van der Waals surface area contributed by atoms with Gasteiger partial charge in [-0.25, -0.2) is 9.97 Å². The Labute approximate surface area is 140 Å². The van der Waals surface area contributed by atoms with Crippen LogP contribution >= 0.6 is 34.5 Å². The molecular formula is C15H11Cl2N3OS. The van der Waals surface area contributed by atoms with Gasteiger partial charge in [-0.3, -0.25) is 4.79 Å². The molecule has 0 unspecified atom stereocenters. The van der Waals surface area contributed by atoms with E-state index in [4.69, 9.17) is 28.9 Å². The van der Waals surface area contributed by atoms with Crippen LogP contribution in [0.25, 0.3) is 21.5 Å². The van der Waals surface area contributed by atoms with Gasteiger partial charge >= 0.3 is 0 Å². The third-order valence-electron chi connectivity index (χ3n) is 3.21. The fourth-order valence-electron chi connectivity index (χ4n) is 2.24. The normalized spacial score (nSPS) is 11.1. The molecule has 3 rings (SSSR count). The summed E-state index contributed by atoms with van der Waals surface area (Å²) in [6.45, 7) is 3.28. The summed E-state index contributed by atoms with van der Waals surface area (Å²) < 4.78 is 0. The van der Waals surface area contributed by atoms with Crippen LogP contribution in [0.2, 0.25) is 10.0 Å². The number of nitrogens with zero attached hydrogens (tertiary/aromatic N) is 2. The number of benzene rings is 1. The van der Waals surface area contributed by atoms with Crippen LogP contribution in [0.4, 0.5) is 5.69 Å². The van der Waals surface area contributed by atoms with Crippen LogP contribution in [0.15, 0.2) is 18.2 Å². The SMILES string of the molecule is CC(=O)c1sc2nc(C)nc(-c3ccc(Cl)c(Cl)c3)c2c1N. The second-order valence-corrected chi connectivity index (χ2v) is 6.64. The molecule has 0 amide bonds. The molecule has 0 atom stereocenters. The molecule has 2 aromatic heterocycles. The smallest absolute Gasteiger partial charge is 0.171 e. The number of aromatic nitrogens is 2. The highest BCUT2D eigenvalue weighted by Crippen LogP contribution is 2.39. The van der Waals surface area contributed by atoms with Gasteiger partial charge < -0.3 is 5.73 Å². The van der Waals surface area contributed by atoms with E-state index < -0.39 is 0 Å². The first kappa shape index (κ1) is 15.2. The third kappa shape index (κ3) is 2.45. The number of anilines is 1. The number of carbonyl (C=O) groups is 1. The lowest BCUT2D eigenvalue weighted by atomic mass is 10.1. The number of halogens is 2. The van der Waals surface area contributed by atoms with Crippen LogP contribution in [-0.4, -0.2) is 15.8 Å². The van der Waals surface area contributed by atoms with Crippen LogP contribution < -0.4 is 5.73 Å². The first-order chi connectivity index (χ1) is 10.4. The van der Waals surface area contributed by atoms with Crippen molar-refractivity contribution >= 4 is 56.2 Å². The maximum atomic E-state index is 11.7. The van der Waals surface area contributed by atoms with Gasteiger partial charge in [0.25, 0.3) is 0 Å².